The summed E-state index contributed by atoms with van der Waals surface area (Å²) in [6.45, 7) is 1.07. The summed E-state index contributed by atoms with van der Waals surface area (Å²) in [6.07, 6.45) is -6.08. The third-order valence-electron chi connectivity index (χ3n) is 1.59. The van der Waals surface area contributed by atoms with Gasteiger partial charge in [-0.05, 0) is 12.0 Å². The maximum atomic E-state index is 11.9. The lowest BCUT2D eigenvalue weighted by Gasteiger charge is -2.16. The lowest BCUT2D eigenvalue weighted by atomic mass is 10.0. The number of aliphatic carboxylic acids is 2. The Kier molecular flexibility index (Phi) is 4.22. The second-order valence-corrected chi connectivity index (χ2v) is 2.61. The third-order valence-corrected chi connectivity index (χ3v) is 1.59. The van der Waals surface area contributed by atoms with E-state index in [1.54, 1.807) is 0 Å². The zero-order valence-corrected chi connectivity index (χ0v) is 7.88. The number of hydrogen-bond donors (Lipinski definition) is 0. The first kappa shape index (κ1) is 14.1. The van der Waals surface area contributed by atoms with E-state index in [1.807, 2.05) is 0 Å². The van der Waals surface area contributed by atoms with Crippen LogP contribution in [0.1, 0.15) is 13.3 Å². The summed E-state index contributed by atoms with van der Waals surface area (Å²) < 4.78 is 35.8. The SMILES string of the molecule is CC/C(C(=O)[O-])=C(\C(=O)[O-])C(=O)C(F)(F)F. The van der Waals surface area contributed by atoms with Crippen LogP contribution in [0.3, 0.4) is 0 Å². The molecule has 0 amide bonds. The lowest BCUT2D eigenvalue weighted by molar-refractivity contribution is -0.304. The quantitative estimate of drug-likeness (QED) is 0.331. The fourth-order valence-electron chi connectivity index (χ4n) is 0.918. The fourth-order valence-corrected chi connectivity index (χ4v) is 0.918. The second kappa shape index (κ2) is 4.77. The number of carboxylic acids is 2. The van der Waals surface area contributed by atoms with Gasteiger partial charge in [0.25, 0.3) is 5.78 Å². The smallest absolute Gasteiger partial charge is 0.454 e. The standard InChI is InChI=1S/C8H7F3O5/c1-2-3(6(13)14)4(7(15)16)5(12)8(9,10)11/h2H2,1H3,(H,13,14)(H,15,16)/p-2/b4-3+. The molecular weight excluding hydrogens is 233 g/mol. The molecule has 0 radical (unpaired) electrons. The van der Waals surface area contributed by atoms with Gasteiger partial charge in [-0.25, -0.2) is 0 Å². The van der Waals surface area contributed by atoms with Crippen LogP contribution in [0.5, 0.6) is 0 Å². The highest BCUT2D eigenvalue weighted by Gasteiger charge is 2.42. The van der Waals surface area contributed by atoms with Gasteiger partial charge in [-0.15, -0.1) is 0 Å². The van der Waals surface area contributed by atoms with Gasteiger partial charge in [0.05, 0.1) is 17.5 Å². The monoisotopic (exact) mass is 238 g/mol. The van der Waals surface area contributed by atoms with Gasteiger partial charge in [0, 0.05) is 0 Å². The molecule has 0 unspecified atom stereocenters. The summed E-state index contributed by atoms with van der Waals surface area (Å²) in [4.78, 5) is 31.3. The average molecular weight is 238 g/mol. The Morgan fingerprint density at radius 1 is 1.06 bits per heavy atom. The molecule has 0 aliphatic rings. The van der Waals surface area contributed by atoms with Crippen LogP contribution in [-0.4, -0.2) is 23.9 Å². The molecule has 0 aliphatic heterocycles. The topological polar surface area (TPSA) is 97.3 Å². The molecule has 0 rings (SSSR count). The molecule has 0 aromatic heterocycles. The first-order valence-electron chi connectivity index (χ1n) is 3.90. The van der Waals surface area contributed by atoms with Crippen LogP contribution in [0.15, 0.2) is 11.1 Å². The Labute approximate surface area is 87.2 Å². The van der Waals surface area contributed by atoms with E-state index in [2.05, 4.69) is 0 Å². The highest BCUT2D eigenvalue weighted by molar-refractivity contribution is 6.21. The maximum Gasteiger partial charge on any atom is 0.454 e. The number of alkyl halides is 3. The van der Waals surface area contributed by atoms with E-state index in [0.717, 1.165) is 6.92 Å². The molecule has 0 aromatic carbocycles. The van der Waals surface area contributed by atoms with Crippen molar-refractivity contribution in [3.63, 3.8) is 0 Å². The molecule has 0 saturated heterocycles. The van der Waals surface area contributed by atoms with Crippen molar-refractivity contribution in [3.8, 4) is 0 Å². The molecule has 0 bridgehead atoms. The van der Waals surface area contributed by atoms with Crippen molar-refractivity contribution in [2.24, 2.45) is 0 Å². The molecule has 0 spiro atoms. The third kappa shape index (κ3) is 3.07. The normalized spacial score (nSPS) is 13.0. The van der Waals surface area contributed by atoms with Crippen LogP contribution in [-0.2, 0) is 14.4 Å². The summed E-state index contributed by atoms with van der Waals surface area (Å²) in [7, 11) is 0. The zero-order valence-electron chi connectivity index (χ0n) is 7.88. The van der Waals surface area contributed by atoms with Crippen molar-refractivity contribution in [2.75, 3.05) is 0 Å². The molecule has 0 saturated carbocycles. The lowest BCUT2D eigenvalue weighted by Crippen LogP contribution is -2.39. The van der Waals surface area contributed by atoms with E-state index in [4.69, 9.17) is 0 Å². The summed E-state index contributed by atoms with van der Waals surface area (Å²) in [5.41, 5.74) is -3.17. The predicted octanol–water partition coefficient (Wildman–Crippen LogP) is -1.68. The van der Waals surface area contributed by atoms with Crippen LogP contribution < -0.4 is 10.2 Å². The number of ketones is 1. The van der Waals surface area contributed by atoms with Gasteiger partial charge in [0.2, 0.25) is 0 Å². The molecule has 0 aromatic rings. The Hall–Kier alpha value is -1.86. The van der Waals surface area contributed by atoms with Crippen molar-refractivity contribution >= 4 is 17.7 Å². The number of carboxylic acid groups (broad SMARTS) is 2. The fraction of sp³-hybridized carbons (Fsp3) is 0.375. The molecule has 0 heterocycles. The molecule has 0 aliphatic carbocycles. The van der Waals surface area contributed by atoms with Gasteiger partial charge in [0.15, 0.2) is 0 Å². The number of rotatable bonds is 4. The Morgan fingerprint density at radius 3 is 1.69 bits per heavy atom. The molecule has 90 valence electrons. The van der Waals surface area contributed by atoms with Gasteiger partial charge in [-0.3, -0.25) is 4.79 Å². The minimum Gasteiger partial charge on any atom is -0.545 e. The van der Waals surface area contributed by atoms with Crippen molar-refractivity contribution in [2.45, 2.75) is 19.5 Å². The van der Waals surface area contributed by atoms with Crippen molar-refractivity contribution in [1.29, 1.82) is 0 Å². The van der Waals surface area contributed by atoms with E-state index in [0.29, 0.717) is 0 Å². The van der Waals surface area contributed by atoms with E-state index < -0.39 is 41.5 Å². The van der Waals surface area contributed by atoms with E-state index >= 15 is 0 Å². The summed E-state index contributed by atoms with van der Waals surface area (Å²) in [6, 6.07) is 0. The van der Waals surface area contributed by atoms with Crippen molar-refractivity contribution in [1.82, 2.24) is 0 Å². The Morgan fingerprint density at radius 2 is 1.50 bits per heavy atom. The average Bonchev–Trinajstić information content (AvgIpc) is 2.09. The highest BCUT2D eigenvalue weighted by atomic mass is 19.4. The number of Topliss-reactive ketones (excluding diaryl/α,β-unsaturated/α-hetero) is 1. The van der Waals surface area contributed by atoms with Crippen LogP contribution in [0, 0.1) is 0 Å². The molecule has 16 heavy (non-hydrogen) atoms. The van der Waals surface area contributed by atoms with Gasteiger partial charge < -0.3 is 19.8 Å². The van der Waals surface area contributed by atoms with Crippen LogP contribution >= 0.6 is 0 Å². The largest absolute Gasteiger partial charge is 0.545 e. The molecule has 0 atom stereocenters. The summed E-state index contributed by atoms with van der Waals surface area (Å²) >= 11 is 0. The van der Waals surface area contributed by atoms with Crippen molar-refractivity contribution < 1.29 is 37.8 Å². The molecule has 0 fully saturated rings. The predicted molar refractivity (Wildman–Crippen MR) is 38.4 cm³/mol. The van der Waals surface area contributed by atoms with Crippen LogP contribution in [0.25, 0.3) is 0 Å². The maximum absolute atomic E-state index is 11.9. The van der Waals surface area contributed by atoms with Crippen LogP contribution in [0.2, 0.25) is 0 Å². The van der Waals surface area contributed by atoms with Gasteiger partial charge in [0.1, 0.15) is 0 Å². The summed E-state index contributed by atoms with van der Waals surface area (Å²) in [5, 5.41) is 20.6. The summed E-state index contributed by atoms with van der Waals surface area (Å²) in [5.74, 6) is -7.42. The molecule has 8 heteroatoms. The van der Waals surface area contributed by atoms with E-state index in [1.165, 1.54) is 0 Å². The number of carbonyl (C=O) groups excluding carboxylic acids is 3. The molecule has 5 nitrogen and oxygen atoms in total. The first-order chi connectivity index (χ1) is 7.12. The van der Waals surface area contributed by atoms with Gasteiger partial charge >= 0.3 is 6.18 Å². The number of hydrogen-bond acceptors (Lipinski definition) is 5. The minimum absolute atomic E-state index is 0.604. The Balaban J connectivity index is 5.75. The highest BCUT2D eigenvalue weighted by Crippen LogP contribution is 2.23. The zero-order chi connectivity index (χ0) is 13.1. The Bertz CT molecular complexity index is 366. The van der Waals surface area contributed by atoms with Gasteiger partial charge in [-0.2, -0.15) is 13.2 Å². The number of halogens is 3. The second-order valence-electron chi connectivity index (χ2n) is 2.61. The van der Waals surface area contributed by atoms with Gasteiger partial charge in [-0.1, -0.05) is 6.92 Å². The molecule has 0 N–H and O–H groups in total. The van der Waals surface area contributed by atoms with E-state index in [9.17, 15) is 37.8 Å². The van der Waals surface area contributed by atoms with E-state index in [-0.39, 0.29) is 0 Å². The van der Waals surface area contributed by atoms with Crippen molar-refractivity contribution in [3.05, 3.63) is 11.1 Å². The minimum atomic E-state index is -5.48. The number of carbonyl (C=O) groups is 3. The van der Waals surface area contributed by atoms with Crippen LogP contribution in [0.4, 0.5) is 13.2 Å². The molecular formula is C8H5F3O5-2. The first-order valence-corrected chi connectivity index (χ1v) is 3.90.